The molecule has 0 radical (unpaired) electrons. The van der Waals surface area contributed by atoms with Crippen molar-refractivity contribution in [2.24, 2.45) is 0 Å². The summed E-state index contributed by atoms with van der Waals surface area (Å²) in [6.45, 7) is 6.71. The fraction of sp³-hybridized carbons (Fsp3) is 0.333. The summed E-state index contributed by atoms with van der Waals surface area (Å²) in [7, 11) is 0. The van der Waals surface area contributed by atoms with E-state index in [-0.39, 0.29) is 36.2 Å². The predicted molar refractivity (Wildman–Crippen MR) is 133 cm³/mol. The minimum Gasteiger partial charge on any atom is -0.350 e. The van der Waals surface area contributed by atoms with Crippen molar-refractivity contribution in [3.8, 4) is 0 Å². The zero-order valence-electron chi connectivity index (χ0n) is 20.7. The highest BCUT2D eigenvalue weighted by Crippen LogP contribution is 2.29. The van der Waals surface area contributed by atoms with Gasteiger partial charge in [-0.15, -0.1) is 0 Å². The van der Waals surface area contributed by atoms with E-state index >= 15 is 0 Å². The number of halogens is 1. The van der Waals surface area contributed by atoms with E-state index in [4.69, 9.17) is 0 Å². The molecule has 0 saturated heterocycles. The maximum atomic E-state index is 13.6. The number of carbonyl (C=O) groups excluding carboxylic acids is 3. The van der Waals surface area contributed by atoms with E-state index < -0.39 is 17.4 Å². The molecule has 3 amide bonds. The second-order valence-corrected chi connectivity index (χ2v) is 9.28. The van der Waals surface area contributed by atoms with Crippen LogP contribution in [-0.4, -0.2) is 44.3 Å². The van der Waals surface area contributed by atoms with Gasteiger partial charge in [0.2, 0.25) is 5.91 Å². The monoisotopic (exact) mass is 491 g/mol. The van der Waals surface area contributed by atoms with Gasteiger partial charge in [0.15, 0.2) is 5.69 Å². The third kappa shape index (κ3) is 5.00. The molecule has 188 valence electrons. The summed E-state index contributed by atoms with van der Waals surface area (Å²) in [5, 5.41) is 5.70. The van der Waals surface area contributed by atoms with Crippen molar-refractivity contribution >= 4 is 17.7 Å². The van der Waals surface area contributed by atoms with Crippen molar-refractivity contribution in [1.82, 2.24) is 25.1 Å². The van der Waals surface area contributed by atoms with E-state index in [2.05, 4.69) is 15.6 Å². The van der Waals surface area contributed by atoms with Crippen LogP contribution in [0, 0.1) is 12.7 Å². The molecular weight excluding hydrogens is 461 g/mol. The Bertz CT molecular complexity index is 1270. The molecule has 4 rings (SSSR count). The maximum absolute atomic E-state index is 13.6. The Morgan fingerprint density at radius 2 is 1.64 bits per heavy atom. The first-order chi connectivity index (χ1) is 17.2. The molecular formula is C27H30FN5O3. The van der Waals surface area contributed by atoms with Crippen molar-refractivity contribution in [2.45, 2.75) is 52.4 Å². The van der Waals surface area contributed by atoms with Gasteiger partial charge in [-0.2, -0.15) is 0 Å². The average molecular weight is 492 g/mol. The normalized spacial score (nSPS) is 17.0. The van der Waals surface area contributed by atoms with Gasteiger partial charge < -0.3 is 20.1 Å². The van der Waals surface area contributed by atoms with Crippen LogP contribution in [0.3, 0.4) is 0 Å². The Morgan fingerprint density at radius 3 is 2.28 bits per heavy atom. The second kappa shape index (κ2) is 10.3. The number of aromatic nitrogens is 2. The van der Waals surface area contributed by atoms with E-state index in [0.717, 1.165) is 16.7 Å². The van der Waals surface area contributed by atoms with Crippen LogP contribution in [0.1, 0.15) is 57.9 Å². The van der Waals surface area contributed by atoms with Crippen LogP contribution in [0.4, 0.5) is 4.39 Å². The van der Waals surface area contributed by atoms with Gasteiger partial charge >= 0.3 is 0 Å². The molecule has 0 spiro atoms. The number of aryl methyl sites for hydroxylation is 1. The number of carbonyl (C=O) groups is 3. The highest BCUT2D eigenvalue weighted by Gasteiger charge is 2.48. The highest BCUT2D eigenvalue weighted by atomic mass is 19.1. The van der Waals surface area contributed by atoms with Crippen LogP contribution in [0.2, 0.25) is 0 Å². The number of hydrogen-bond acceptors (Lipinski definition) is 4. The quantitative estimate of drug-likeness (QED) is 0.506. The van der Waals surface area contributed by atoms with Crippen LogP contribution >= 0.6 is 0 Å². The highest BCUT2D eigenvalue weighted by molar-refractivity contribution is 6.07. The minimum absolute atomic E-state index is 0.00493. The summed E-state index contributed by atoms with van der Waals surface area (Å²) in [4.78, 5) is 45.6. The summed E-state index contributed by atoms with van der Waals surface area (Å²) in [5.41, 5.74) is 1.83. The number of rotatable bonds is 8. The van der Waals surface area contributed by atoms with E-state index in [1.165, 1.54) is 23.4 Å². The molecule has 2 N–H and O–H groups in total. The minimum atomic E-state index is -1.15. The van der Waals surface area contributed by atoms with Gasteiger partial charge in [-0.25, -0.2) is 9.37 Å². The maximum Gasteiger partial charge on any atom is 0.273 e. The standard InChI is InChI=1S/C27H30FN5O3/c1-4-13-33-25(35)23-22(24(34)29-14-20-9-11-21(28)12-10-20)31-17-32(23)16-27(33,3)26(36)30-15-19-7-5-18(2)6-8-19/h5-12,17H,4,13-16H2,1-3H3,(H,29,34)(H,30,36)/t27-/m0/s1. The number of nitrogens with one attached hydrogen (secondary N) is 2. The van der Waals surface area contributed by atoms with Crippen LogP contribution in [0.15, 0.2) is 54.9 Å². The lowest BCUT2D eigenvalue weighted by molar-refractivity contribution is -0.133. The molecule has 0 bridgehead atoms. The Balaban J connectivity index is 1.53. The van der Waals surface area contributed by atoms with Crippen molar-refractivity contribution < 1.29 is 18.8 Å². The van der Waals surface area contributed by atoms with E-state index in [9.17, 15) is 18.8 Å². The molecule has 0 saturated carbocycles. The van der Waals surface area contributed by atoms with E-state index in [0.29, 0.717) is 19.5 Å². The Morgan fingerprint density at radius 1 is 1.03 bits per heavy atom. The molecule has 9 heteroatoms. The number of hydrogen-bond donors (Lipinski definition) is 2. The molecule has 3 aromatic rings. The third-order valence-corrected chi connectivity index (χ3v) is 6.45. The van der Waals surface area contributed by atoms with Gasteiger partial charge in [-0.05, 0) is 43.5 Å². The van der Waals surface area contributed by atoms with Gasteiger partial charge in [0, 0.05) is 19.6 Å². The van der Waals surface area contributed by atoms with Gasteiger partial charge in [0.1, 0.15) is 17.1 Å². The first-order valence-corrected chi connectivity index (χ1v) is 12.0. The van der Waals surface area contributed by atoms with Crippen LogP contribution in [-0.2, 0) is 24.4 Å². The molecule has 8 nitrogen and oxygen atoms in total. The van der Waals surface area contributed by atoms with Gasteiger partial charge in [-0.1, -0.05) is 48.9 Å². The summed E-state index contributed by atoms with van der Waals surface area (Å²) in [6, 6.07) is 13.7. The number of nitrogens with zero attached hydrogens (tertiary/aromatic N) is 3. The molecule has 0 fully saturated rings. The Labute approximate surface area is 209 Å². The molecule has 0 unspecified atom stereocenters. The summed E-state index contributed by atoms with van der Waals surface area (Å²) < 4.78 is 14.7. The third-order valence-electron chi connectivity index (χ3n) is 6.45. The fourth-order valence-corrected chi connectivity index (χ4v) is 4.37. The zero-order chi connectivity index (χ0) is 25.9. The Kier molecular flexibility index (Phi) is 7.19. The molecule has 1 aromatic heterocycles. The van der Waals surface area contributed by atoms with Gasteiger partial charge in [0.05, 0.1) is 12.9 Å². The average Bonchev–Trinajstić information content (AvgIpc) is 3.29. The van der Waals surface area contributed by atoms with Crippen molar-refractivity contribution in [3.63, 3.8) is 0 Å². The van der Waals surface area contributed by atoms with Crippen LogP contribution in [0.25, 0.3) is 0 Å². The predicted octanol–water partition coefficient (Wildman–Crippen LogP) is 3.20. The SMILES string of the molecule is CCCN1C(=O)c2c(C(=O)NCc3ccc(F)cc3)ncn2C[C@@]1(C)C(=O)NCc1ccc(C)cc1. The first-order valence-electron chi connectivity index (χ1n) is 12.0. The summed E-state index contributed by atoms with van der Waals surface area (Å²) in [5.74, 6) is -1.56. The lowest BCUT2D eigenvalue weighted by Crippen LogP contribution is -2.64. The largest absolute Gasteiger partial charge is 0.350 e. The topological polar surface area (TPSA) is 96.3 Å². The Hall–Kier alpha value is -4.01. The number of imidazole rings is 1. The molecule has 2 heterocycles. The van der Waals surface area contributed by atoms with Crippen LogP contribution < -0.4 is 10.6 Å². The number of fused-ring (bicyclic) bond motifs is 1. The molecule has 1 atom stereocenters. The molecule has 0 aliphatic carbocycles. The molecule has 36 heavy (non-hydrogen) atoms. The molecule has 1 aliphatic rings. The van der Waals surface area contributed by atoms with Crippen LogP contribution in [0.5, 0.6) is 0 Å². The first kappa shape index (κ1) is 25.1. The van der Waals surface area contributed by atoms with Gasteiger partial charge in [0.25, 0.3) is 11.8 Å². The van der Waals surface area contributed by atoms with E-state index in [1.807, 2.05) is 38.1 Å². The lowest BCUT2D eigenvalue weighted by Gasteiger charge is -2.43. The zero-order valence-corrected chi connectivity index (χ0v) is 20.7. The smallest absolute Gasteiger partial charge is 0.273 e. The lowest BCUT2D eigenvalue weighted by atomic mass is 9.93. The second-order valence-electron chi connectivity index (χ2n) is 9.28. The summed E-state index contributed by atoms with van der Waals surface area (Å²) >= 11 is 0. The van der Waals surface area contributed by atoms with E-state index in [1.54, 1.807) is 23.6 Å². The summed E-state index contributed by atoms with van der Waals surface area (Å²) in [6.07, 6.45) is 2.07. The number of benzene rings is 2. The molecule has 2 aromatic carbocycles. The van der Waals surface area contributed by atoms with Gasteiger partial charge in [-0.3, -0.25) is 14.4 Å². The fourth-order valence-electron chi connectivity index (χ4n) is 4.37. The van der Waals surface area contributed by atoms with Crippen molar-refractivity contribution in [1.29, 1.82) is 0 Å². The number of amides is 3. The van der Waals surface area contributed by atoms with Crippen molar-refractivity contribution in [2.75, 3.05) is 6.54 Å². The molecule has 1 aliphatic heterocycles. The van der Waals surface area contributed by atoms with Crippen molar-refractivity contribution in [3.05, 3.63) is 88.8 Å².